The summed E-state index contributed by atoms with van der Waals surface area (Å²) in [4.78, 5) is 0. The van der Waals surface area contributed by atoms with Crippen molar-refractivity contribution >= 4 is 0 Å². The highest BCUT2D eigenvalue weighted by Gasteiger charge is 2.05. The molecule has 308 valence electrons. The van der Waals surface area contributed by atoms with Crippen molar-refractivity contribution in [3.05, 3.63) is 0 Å². The van der Waals surface area contributed by atoms with Crippen molar-refractivity contribution in [1.82, 2.24) is 0 Å². The molecular formula is C50H104N+. The summed E-state index contributed by atoms with van der Waals surface area (Å²) in [5.41, 5.74) is 0. The summed E-state index contributed by atoms with van der Waals surface area (Å²) in [6.45, 7) is 3.65. The molecule has 0 atom stereocenters. The molecule has 0 amide bonds. The lowest BCUT2D eigenvalue weighted by atomic mass is 10.0. The monoisotopic (exact) mass is 719 g/mol. The van der Waals surface area contributed by atoms with E-state index in [1.165, 1.54) is 295 Å². The predicted octanol–water partition coefficient (Wildman–Crippen LogP) is 18.3. The molecule has 0 bridgehead atoms. The molecule has 0 N–H and O–H groups in total. The minimum atomic E-state index is 1.12. The number of hydrogen-bond donors (Lipinski definition) is 0. The van der Waals surface area contributed by atoms with Gasteiger partial charge in [0.05, 0.1) is 27.7 Å². The zero-order valence-corrected chi connectivity index (χ0v) is 37.0. The summed E-state index contributed by atoms with van der Waals surface area (Å²) >= 11 is 0. The molecule has 0 aliphatic rings. The van der Waals surface area contributed by atoms with E-state index >= 15 is 0 Å². The highest BCUT2D eigenvalue weighted by Crippen LogP contribution is 2.18. The number of hydrogen-bond acceptors (Lipinski definition) is 0. The topological polar surface area (TPSA) is 0 Å². The van der Waals surface area contributed by atoms with Crippen molar-refractivity contribution < 1.29 is 4.48 Å². The van der Waals surface area contributed by atoms with Crippen LogP contribution in [0.2, 0.25) is 0 Å². The van der Waals surface area contributed by atoms with Crippen LogP contribution in [0, 0.1) is 0 Å². The van der Waals surface area contributed by atoms with E-state index < -0.39 is 0 Å². The van der Waals surface area contributed by atoms with Crippen molar-refractivity contribution in [1.29, 1.82) is 0 Å². The largest absolute Gasteiger partial charge is 0.331 e. The maximum Gasteiger partial charge on any atom is 0.0780 e. The minimum absolute atomic E-state index is 1.12. The Kier molecular flexibility index (Phi) is 44.3. The van der Waals surface area contributed by atoms with Crippen LogP contribution in [0.4, 0.5) is 0 Å². The summed E-state index contributed by atoms with van der Waals surface area (Å²) in [5, 5.41) is 0. The Hall–Kier alpha value is -0.0400. The molecule has 0 radical (unpaired) electrons. The molecule has 0 aromatic rings. The average Bonchev–Trinajstić information content (AvgIpc) is 3.11. The quantitative estimate of drug-likeness (QED) is 0.0434. The van der Waals surface area contributed by atoms with Gasteiger partial charge in [0.1, 0.15) is 0 Å². The molecule has 1 heteroatoms. The van der Waals surface area contributed by atoms with Crippen LogP contribution in [-0.4, -0.2) is 32.2 Å². The highest BCUT2D eigenvalue weighted by atomic mass is 15.3. The Morgan fingerprint density at radius 1 is 0.176 bits per heavy atom. The summed E-state index contributed by atoms with van der Waals surface area (Å²) in [5.74, 6) is 0. The van der Waals surface area contributed by atoms with Gasteiger partial charge in [-0.1, -0.05) is 283 Å². The second-order valence-electron chi connectivity index (χ2n) is 18.6. The smallest absolute Gasteiger partial charge is 0.0780 e. The number of unbranched alkanes of at least 4 members (excludes halogenated alkanes) is 44. The van der Waals surface area contributed by atoms with Crippen molar-refractivity contribution in [2.45, 2.75) is 296 Å². The highest BCUT2D eigenvalue weighted by molar-refractivity contribution is 4.54. The van der Waals surface area contributed by atoms with E-state index in [9.17, 15) is 0 Å². The SMILES string of the molecule is CCCCCCCCCCCCCCCCCCCCCCCCCCCCCCCCCCCCCCCCCCCCCCC[N+](C)(C)C. The van der Waals surface area contributed by atoms with Gasteiger partial charge in [0.25, 0.3) is 0 Å². The second kappa shape index (κ2) is 44.4. The fourth-order valence-electron chi connectivity index (χ4n) is 8.26. The maximum absolute atomic E-state index is 2.31. The zero-order chi connectivity index (χ0) is 37.0. The van der Waals surface area contributed by atoms with E-state index in [1.54, 1.807) is 0 Å². The third-order valence-electron chi connectivity index (χ3n) is 11.9. The second-order valence-corrected chi connectivity index (χ2v) is 18.6. The lowest BCUT2D eigenvalue weighted by Gasteiger charge is -2.23. The van der Waals surface area contributed by atoms with Crippen LogP contribution < -0.4 is 0 Å². The van der Waals surface area contributed by atoms with Crippen LogP contribution in [0.25, 0.3) is 0 Å². The first-order valence-corrected chi connectivity index (χ1v) is 24.9. The number of quaternary nitrogens is 1. The van der Waals surface area contributed by atoms with Crippen LogP contribution in [-0.2, 0) is 0 Å². The van der Waals surface area contributed by atoms with Gasteiger partial charge < -0.3 is 4.48 Å². The van der Waals surface area contributed by atoms with E-state index in [0.29, 0.717) is 0 Å². The Balaban J connectivity index is 3.06. The number of nitrogens with zero attached hydrogens (tertiary/aromatic N) is 1. The van der Waals surface area contributed by atoms with Gasteiger partial charge in [-0.25, -0.2) is 0 Å². The molecule has 0 spiro atoms. The van der Waals surface area contributed by atoms with Gasteiger partial charge in [-0.2, -0.15) is 0 Å². The summed E-state index contributed by atoms with van der Waals surface area (Å²) in [6.07, 6.45) is 66.8. The van der Waals surface area contributed by atoms with Gasteiger partial charge in [-0.05, 0) is 12.8 Å². The van der Waals surface area contributed by atoms with E-state index in [0.717, 1.165) is 4.48 Å². The average molecular weight is 719 g/mol. The zero-order valence-electron chi connectivity index (χ0n) is 37.0. The molecule has 0 aromatic carbocycles. The first kappa shape index (κ1) is 51.0. The molecular weight excluding hydrogens is 615 g/mol. The lowest BCUT2D eigenvalue weighted by Crippen LogP contribution is -2.35. The first-order chi connectivity index (χ1) is 25.1. The molecule has 0 unspecified atom stereocenters. The van der Waals surface area contributed by atoms with Crippen molar-refractivity contribution in [3.63, 3.8) is 0 Å². The first-order valence-electron chi connectivity index (χ1n) is 24.9. The third-order valence-corrected chi connectivity index (χ3v) is 11.9. The van der Waals surface area contributed by atoms with E-state index in [-0.39, 0.29) is 0 Å². The Bertz CT molecular complexity index is 590. The molecule has 0 aromatic heterocycles. The maximum atomic E-state index is 2.31. The van der Waals surface area contributed by atoms with Crippen LogP contribution in [0.15, 0.2) is 0 Å². The van der Waals surface area contributed by atoms with E-state index in [4.69, 9.17) is 0 Å². The van der Waals surface area contributed by atoms with Gasteiger partial charge in [-0.3, -0.25) is 0 Å². The Morgan fingerprint density at radius 3 is 0.412 bits per heavy atom. The van der Waals surface area contributed by atoms with Gasteiger partial charge in [0.2, 0.25) is 0 Å². The fraction of sp³-hybridized carbons (Fsp3) is 1.00. The summed E-state index contributed by atoms with van der Waals surface area (Å²) in [7, 11) is 6.94. The van der Waals surface area contributed by atoms with Gasteiger partial charge in [-0.15, -0.1) is 0 Å². The summed E-state index contributed by atoms with van der Waals surface area (Å²) in [6, 6.07) is 0. The predicted molar refractivity (Wildman–Crippen MR) is 236 cm³/mol. The van der Waals surface area contributed by atoms with Gasteiger partial charge in [0, 0.05) is 0 Å². The van der Waals surface area contributed by atoms with Crippen LogP contribution >= 0.6 is 0 Å². The standard InChI is InChI=1S/C50H104N/c1-5-6-7-8-9-10-11-12-13-14-15-16-17-18-19-20-21-22-23-24-25-26-27-28-29-30-31-32-33-34-35-36-37-38-39-40-41-42-43-44-45-46-47-48-49-50-51(2,3)4/h5-50H2,1-4H3/q+1. The normalized spacial score (nSPS) is 12.0. The van der Waals surface area contributed by atoms with Gasteiger partial charge in [0.15, 0.2) is 0 Å². The molecule has 51 heavy (non-hydrogen) atoms. The van der Waals surface area contributed by atoms with E-state index in [1.807, 2.05) is 0 Å². The molecule has 0 aliphatic heterocycles. The Morgan fingerprint density at radius 2 is 0.294 bits per heavy atom. The van der Waals surface area contributed by atoms with Crippen molar-refractivity contribution in [3.8, 4) is 0 Å². The van der Waals surface area contributed by atoms with E-state index in [2.05, 4.69) is 28.1 Å². The molecule has 0 rings (SSSR count). The molecule has 0 saturated heterocycles. The molecule has 0 aliphatic carbocycles. The molecule has 1 nitrogen and oxygen atoms in total. The summed E-state index contributed by atoms with van der Waals surface area (Å²) < 4.78 is 1.12. The van der Waals surface area contributed by atoms with Crippen LogP contribution in [0.3, 0.4) is 0 Å². The molecule has 0 fully saturated rings. The fourth-order valence-corrected chi connectivity index (χ4v) is 8.26. The number of rotatable bonds is 46. The lowest BCUT2D eigenvalue weighted by molar-refractivity contribution is -0.870. The molecule has 0 heterocycles. The van der Waals surface area contributed by atoms with Crippen LogP contribution in [0.1, 0.15) is 296 Å². The molecule has 0 saturated carbocycles. The van der Waals surface area contributed by atoms with Crippen molar-refractivity contribution in [2.24, 2.45) is 0 Å². The van der Waals surface area contributed by atoms with Gasteiger partial charge >= 0.3 is 0 Å². The van der Waals surface area contributed by atoms with Crippen LogP contribution in [0.5, 0.6) is 0 Å². The minimum Gasteiger partial charge on any atom is -0.331 e. The Labute approximate surface area is 327 Å². The van der Waals surface area contributed by atoms with Crippen molar-refractivity contribution in [2.75, 3.05) is 27.7 Å². The third kappa shape index (κ3) is 50.0.